The molecule has 0 spiro atoms. The van der Waals surface area contributed by atoms with E-state index < -0.39 is 5.91 Å². The van der Waals surface area contributed by atoms with Gasteiger partial charge in [-0.1, -0.05) is 23.2 Å². The molecule has 4 rings (SSSR count). The summed E-state index contributed by atoms with van der Waals surface area (Å²) in [6.07, 6.45) is 4.05. The van der Waals surface area contributed by atoms with Crippen molar-refractivity contribution in [3.63, 3.8) is 0 Å². The Balaban J connectivity index is 1.60. The second-order valence-corrected chi connectivity index (χ2v) is 8.22. The minimum Gasteiger partial charge on any atom is -0.451 e. The first-order valence-corrected chi connectivity index (χ1v) is 10.1. The second-order valence-electron chi connectivity index (χ2n) is 6.27. The van der Waals surface area contributed by atoms with E-state index in [4.69, 9.17) is 27.6 Å². The summed E-state index contributed by atoms with van der Waals surface area (Å²) >= 11 is 13.7. The van der Waals surface area contributed by atoms with Crippen molar-refractivity contribution in [1.29, 1.82) is 5.26 Å². The molecule has 0 bridgehead atoms. The van der Waals surface area contributed by atoms with Crippen LogP contribution in [-0.4, -0.2) is 5.91 Å². The largest absolute Gasteiger partial charge is 0.451 e. The van der Waals surface area contributed by atoms with Crippen LogP contribution in [0.15, 0.2) is 34.7 Å². The Morgan fingerprint density at radius 2 is 2.00 bits per heavy atom. The van der Waals surface area contributed by atoms with Gasteiger partial charge in [0, 0.05) is 15.5 Å². The van der Waals surface area contributed by atoms with Crippen LogP contribution < -0.4 is 5.32 Å². The molecule has 1 amide bonds. The number of carbonyl (C=O) groups excluding carboxylic acids is 1. The molecule has 2 heterocycles. The predicted molar refractivity (Wildman–Crippen MR) is 108 cm³/mol. The Labute approximate surface area is 170 Å². The summed E-state index contributed by atoms with van der Waals surface area (Å²) in [5, 5.41) is 13.9. The minimum absolute atomic E-state index is 0.149. The number of anilines is 1. The third-order valence-electron chi connectivity index (χ3n) is 4.53. The average molecular weight is 417 g/mol. The van der Waals surface area contributed by atoms with E-state index in [1.54, 1.807) is 30.3 Å². The molecule has 0 saturated heterocycles. The Hall–Kier alpha value is -2.26. The van der Waals surface area contributed by atoms with Crippen LogP contribution in [-0.2, 0) is 12.8 Å². The second kappa shape index (κ2) is 7.40. The number of aryl methyl sites for hydroxylation is 1. The van der Waals surface area contributed by atoms with Gasteiger partial charge in [-0.25, -0.2) is 0 Å². The molecular weight excluding hydrogens is 403 g/mol. The fraction of sp³-hybridized carbons (Fsp3) is 0.200. The van der Waals surface area contributed by atoms with Crippen molar-refractivity contribution in [2.75, 3.05) is 5.32 Å². The minimum atomic E-state index is -0.394. The first-order chi connectivity index (χ1) is 13.1. The summed E-state index contributed by atoms with van der Waals surface area (Å²) in [5.41, 5.74) is 2.27. The highest BCUT2D eigenvalue weighted by Gasteiger charge is 2.23. The molecule has 0 atom stereocenters. The number of fused-ring (bicyclic) bond motifs is 1. The fourth-order valence-electron chi connectivity index (χ4n) is 3.23. The molecule has 27 heavy (non-hydrogen) atoms. The first kappa shape index (κ1) is 18.1. The summed E-state index contributed by atoms with van der Waals surface area (Å²) in [6.45, 7) is 0. The third kappa shape index (κ3) is 3.49. The van der Waals surface area contributed by atoms with Crippen LogP contribution in [0.3, 0.4) is 0 Å². The van der Waals surface area contributed by atoms with E-state index in [-0.39, 0.29) is 5.76 Å². The van der Waals surface area contributed by atoms with Crippen molar-refractivity contribution in [2.24, 2.45) is 0 Å². The Morgan fingerprint density at radius 3 is 2.81 bits per heavy atom. The van der Waals surface area contributed by atoms with Crippen LogP contribution in [0.2, 0.25) is 10.0 Å². The lowest BCUT2D eigenvalue weighted by atomic mass is 9.96. The molecule has 1 N–H and O–H groups in total. The van der Waals surface area contributed by atoms with Crippen LogP contribution in [0.1, 0.15) is 39.4 Å². The van der Waals surface area contributed by atoms with Gasteiger partial charge in [-0.2, -0.15) is 5.26 Å². The van der Waals surface area contributed by atoms with Gasteiger partial charge in [0.25, 0.3) is 5.91 Å². The SMILES string of the molecule is N#Cc1c(NC(=O)c2ccc(-c3cc(Cl)ccc3Cl)o2)sc2c1CCCC2. The zero-order valence-electron chi connectivity index (χ0n) is 14.1. The number of hydrogen-bond donors (Lipinski definition) is 1. The lowest BCUT2D eigenvalue weighted by Gasteiger charge is -2.09. The molecule has 2 aromatic heterocycles. The normalized spacial score (nSPS) is 13.1. The monoisotopic (exact) mass is 416 g/mol. The number of halogens is 2. The van der Waals surface area contributed by atoms with Crippen molar-refractivity contribution < 1.29 is 9.21 Å². The summed E-state index contributed by atoms with van der Waals surface area (Å²) in [7, 11) is 0. The van der Waals surface area contributed by atoms with E-state index in [2.05, 4.69) is 11.4 Å². The van der Waals surface area contributed by atoms with Crippen molar-refractivity contribution in [1.82, 2.24) is 0 Å². The Kier molecular flexibility index (Phi) is 4.96. The number of nitrogens with one attached hydrogen (secondary N) is 1. The van der Waals surface area contributed by atoms with Gasteiger partial charge in [-0.15, -0.1) is 11.3 Å². The van der Waals surface area contributed by atoms with E-state index in [1.807, 2.05) is 0 Å². The highest BCUT2D eigenvalue weighted by Crippen LogP contribution is 2.38. The summed E-state index contributed by atoms with van der Waals surface area (Å²) in [6, 6.07) is 10.6. The molecule has 0 aliphatic heterocycles. The lowest BCUT2D eigenvalue weighted by Crippen LogP contribution is -2.10. The molecule has 1 aliphatic carbocycles. The lowest BCUT2D eigenvalue weighted by molar-refractivity contribution is 0.0998. The van der Waals surface area contributed by atoms with Gasteiger partial charge in [0.1, 0.15) is 16.8 Å². The maximum absolute atomic E-state index is 12.6. The van der Waals surface area contributed by atoms with Crippen LogP contribution in [0, 0.1) is 11.3 Å². The zero-order valence-corrected chi connectivity index (χ0v) is 16.5. The number of amides is 1. The molecule has 0 radical (unpaired) electrons. The molecule has 0 unspecified atom stereocenters. The number of benzene rings is 1. The molecule has 0 fully saturated rings. The number of thiophene rings is 1. The molecule has 7 heteroatoms. The van der Waals surface area contributed by atoms with Crippen LogP contribution in [0.4, 0.5) is 5.00 Å². The molecule has 1 aromatic carbocycles. The van der Waals surface area contributed by atoms with Crippen molar-refractivity contribution in [3.8, 4) is 17.4 Å². The van der Waals surface area contributed by atoms with Gasteiger partial charge in [0.05, 0.1) is 10.6 Å². The van der Waals surface area contributed by atoms with Crippen molar-refractivity contribution in [2.45, 2.75) is 25.7 Å². The number of nitriles is 1. The van der Waals surface area contributed by atoms with E-state index in [0.29, 0.717) is 31.9 Å². The van der Waals surface area contributed by atoms with Crippen LogP contribution in [0.5, 0.6) is 0 Å². The molecule has 3 aromatic rings. The van der Waals surface area contributed by atoms with E-state index >= 15 is 0 Å². The highest BCUT2D eigenvalue weighted by molar-refractivity contribution is 7.16. The number of rotatable bonds is 3. The molecule has 1 aliphatic rings. The molecule has 136 valence electrons. The van der Waals surface area contributed by atoms with Gasteiger partial charge in [0.2, 0.25) is 0 Å². The summed E-state index contributed by atoms with van der Waals surface area (Å²) < 4.78 is 5.68. The summed E-state index contributed by atoms with van der Waals surface area (Å²) in [5.74, 6) is 0.212. The van der Waals surface area contributed by atoms with Gasteiger partial charge in [0.15, 0.2) is 5.76 Å². The average Bonchev–Trinajstić information content (AvgIpc) is 3.28. The summed E-state index contributed by atoms with van der Waals surface area (Å²) in [4.78, 5) is 13.8. The third-order valence-corrected chi connectivity index (χ3v) is 6.31. The quantitative estimate of drug-likeness (QED) is 0.543. The van der Waals surface area contributed by atoms with E-state index in [9.17, 15) is 10.1 Å². The van der Waals surface area contributed by atoms with Crippen molar-refractivity contribution in [3.05, 3.63) is 62.1 Å². The predicted octanol–water partition coefficient (Wildman–Crippen LogP) is 6.32. The number of hydrogen-bond acceptors (Lipinski definition) is 4. The fourth-order valence-corrected chi connectivity index (χ4v) is 4.85. The van der Waals surface area contributed by atoms with Gasteiger partial charge in [-0.3, -0.25) is 4.79 Å². The number of carbonyl (C=O) groups is 1. The van der Waals surface area contributed by atoms with Gasteiger partial charge >= 0.3 is 0 Å². The van der Waals surface area contributed by atoms with Crippen LogP contribution in [0.25, 0.3) is 11.3 Å². The van der Waals surface area contributed by atoms with E-state index in [0.717, 1.165) is 31.2 Å². The number of furan rings is 1. The standard InChI is InChI=1S/C20H14Cl2N2O2S/c21-11-5-6-15(22)13(9-11)16-7-8-17(26-16)19(25)24-20-14(10-23)12-3-1-2-4-18(12)27-20/h5-9H,1-4H2,(H,24,25). The van der Waals surface area contributed by atoms with Gasteiger partial charge < -0.3 is 9.73 Å². The first-order valence-electron chi connectivity index (χ1n) is 8.48. The van der Waals surface area contributed by atoms with Gasteiger partial charge in [-0.05, 0) is 61.6 Å². The van der Waals surface area contributed by atoms with Crippen molar-refractivity contribution >= 4 is 45.4 Å². The molecular formula is C20H14Cl2N2O2S. The highest BCUT2D eigenvalue weighted by atomic mass is 35.5. The maximum atomic E-state index is 12.6. The van der Waals surface area contributed by atoms with Crippen LogP contribution >= 0.6 is 34.5 Å². The van der Waals surface area contributed by atoms with E-state index in [1.165, 1.54) is 16.2 Å². The number of nitrogens with zero attached hydrogens (tertiary/aromatic N) is 1. The molecule has 4 nitrogen and oxygen atoms in total. The maximum Gasteiger partial charge on any atom is 0.292 e. The zero-order chi connectivity index (χ0) is 19.0. The Morgan fingerprint density at radius 1 is 1.19 bits per heavy atom. The topological polar surface area (TPSA) is 66.0 Å². The molecule has 0 saturated carbocycles. The Bertz CT molecular complexity index is 1080. The smallest absolute Gasteiger partial charge is 0.292 e.